The van der Waals surface area contributed by atoms with Gasteiger partial charge in [0.1, 0.15) is 24.0 Å². The lowest BCUT2D eigenvalue weighted by Gasteiger charge is -2.21. The molecule has 1 heterocycles. The highest BCUT2D eigenvalue weighted by Gasteiger charge is 2.21. The molecular weight excluding hydrogens is 334 g/mol. The predicted molar refractivity (Wildman–Crippen MR) is 101 cm³/mol. The first-order valence-electron chi connectivity index (χ1n) is 8.43. The third-order valence-corrected chi connectivity index (χ3v) is 4.22. The lowest BCUT2D eigenvalue weighted by Crippen LogP contribution is -2.08. The first kappa shape index (κ1) is 17.9. The fourth-order valence-corrected chi connectivity index (χ4v) is 3.15. The fraction of sp³-hybridized carbons (Fsp3) is 0.190. The van der Waals surface area contributed by atoms with E-state index in [1.54, 1.807) is 6.92 Å². The zero-order valence-electron chi connectivity index (χ0n) is 14.7. The summed E-state index contributed by atoms with van der Waals surface area (Å²) in [6, 6.07) is 7.87. The monoisotopic (exact) mass is 354 g/mol. The van der Waals surface area contributed by atoms with Crippen LogP contribution < -0.4 is 10.5 Å². The Labute approximate surface area is 151 Å². The van der Waals surface area contributed by atoms with Crippen molar-refractivity contribution in [2.45, 2.75) is 20.3 Å². The molecule has 0 atom stereocenters. The lowest BCUT2D eigenvalue weighted by atomic mass is 9.90. The molecule has 2 aromatic carbocycles. The van der Waals surface area contributed by atoms with E-state index in [4.69, 9.17) is 10.5 Å². The van der Waals surface area contributed by atoms with Crippen molar-refractivity contribution in [1.29, 1.82) is 0 Å². The summed E-state index contributed by atoms with van der Waals surface area (Å²) in [4.78, 5) is 4.21. The Morgan fingerprint density at radius 2 is 2.08 bits per heavy atom. The maximum Gasteiger partial charge on any atom is 0.134 e. The number of ether oxygens (including phenoxy) is 1. The van der Waals surface area contributed by atoms with Crippen LogP contribution in [0.3, 0.4) is 0 Å². The van der Waals surface area contributed by atoms with Crippen LogP contribution in [-0.4, -0.2) is 12.9 Å². The van der Waals surface area contributed by atoms with Gasteiger partial charge in [0.15, 0.2) is 0 Å². The standard InChI is InChI=1S/C21H20F2N2O/c1-3-4-19(25-12-24)14-5-6-20-17(10-14)16(7-8-26-20)21-13(2)9-15(22)11-18(21)23/h4-7,9-12H,3,8H2,1-2H3,(H2,24,25)/b19-4+. The average Bonchev–Trinajstić information content (AvgIpc) is 2.60. The number of nitrogens with zero attached hydrogens (tertiary/aromatic N) is 1. The van der Waals surface area contributed by atoms with Gasteiger partial charge in [-0.2, -0.15) is 0 Å². The minimum atomic E-state index is -0.587. The van der Waals surface area contributed by atoms with E-state index in [-0.39, 0.29) is 0 Å². The summed E-state index contributed by atoms with van der Waals surface area (Å²) in [7, 11) is 0. The number of fused-ring (bicyclic) bond motifs is 1. The van der Waals surface area contributed by atoms with Crippen LogP contribution in [0.5, 0.6) is 5.75 Å². The zero-order valence-corrected chi connectivity index (χ0v) is 14.7. The van der Waals surface area contributed by atoms with Crippen LogP contribution in [0.15, 0.2) is 47.5 Å². The maximum atomic E-state index is 14.5. The number of halogens is 2. The molecule has 0 saturated heterocycles. The Hall–Kier alpha value is -2.95. The zero-order chi connectivity index (χ0) is 18.7. The number of benzene rings is 2. The Kier molecular flexibility index (Phi) is 5.16. The highest BCUT2D eigenvalue weighted by atomic mass is 19.1. The van der Waals surface area contributed by atoms with Gasteiger partial charge in [0.05, 0.1) is 12.0 Å². The molecule has 0 bridgehead atoms. The van der Waals surface area contributed by atoms with Gasteiger partial charge >= 0.3 is 0 Å². The van der Waals surface area contributed by atoms with Crippen molar-refractivity contribution in [1.82, 2.24) is 0 Å². The summed E-state index contributed by atoms with van der Waals surface area (Å²) in [5, 5.41) is 0. The minimum Gasteiger partial charge on any atom is -0.489 e. The summed E-state index contributed by atoms with van der Waals surface area (Å²) in [5.74, 6) is -0.519. The number of hydrogen-bond acceptors (Lipinski definition) is 2. The van der Waals surface area contributed by atoms with Gasteiger partial charge in [-0.05, 0) is 54.8 Å². The van der Waals surface area contributed by atoms with Crippen LogP contribution in [0.4, 0.5) is 8.78 Å². The Morgan fingerprint density at radius 1 is 1.27 bits per heavy atom. The fourth-order valence-electron chi connectivity index (χ4n) is 3.15. The Balaban J connectivity index is 2.16. The van der Waals surface area contributed by atoms with Crippen LogP contribution >= 0.6 is 0 Å². The van der Waals surface area contributed by atoms with E-state index in [9.17, 15) is 8.78 Å². The summed E-state index contributed by atoms with van der Waals surface area (Å²) in [6.07, 6.45) is 5.82. The smallest absolute Gasteiger partial charge is 0.134 e. The molecule has 5 heteroatoms. The number of aryl methyl sites for hydroxylation is 1. The highest BCUT2D eigenvalue weighted by Crippen LogP contribution is 2.38. The second-order valence-electron chi connectivity index (χ2n) is 6.00. The number of aliphatic imine (C=N–C) groups is 1. The van der Waals surface area contributed by atoms with Crippen molar-refractivity contribution < 1.29 is 13.5 Å². The summed E-state index contributed by atoms with van der Waals surface area (Å²) >= 11 is 0. The number of allylic oxidation sites excluding steroid dienone is 1. The molecule has 0 saturated carbocycles. The second kappa shape index (κ2) is 7.52. The first-order valence-corrected chi connectivity index (χ1v) is 8.43. The third-order valence-electron chi connectivity index (χ3n) is 4.22. The summed E-state index contributed by atoms with van der Waals surface area (Å²) < 4.78 is 33.7. The normalized spacial score (nSPS) is 14.2. The van der Waals surface area contributed by atoms with Gasteiger partial charge in [-0.25, -0.2) is 13.8 Å². The van der Waals surface area contributed by atoms with E-state index >= 15 is 0 Å². The van der Waals surface area contributed by atoms with E-state index in [2.05, 4.69) is 4.99 Å². The van der Waals surface area contributed by atoms with Gasteiger partial charge in [0.2, 0.25) is 0 Å². The van der Waals surface area contributed by atoms with Gasteiger partial charge in [-0.3, -0.25) is 0 Å². The number of hydrogen-bond donors (Lipinski definition) is 1. The molecule has 134 valence electrons. The van der Waals surface area contributed by atoms with E-state index in [1.165, 1.54) is 12.4 Å². The molecule has 3 rings (SSSR count). The van der Waals surface area contributed by atoms with E-state index in [1.807, 2.05) is 37.3 Å². The van der Waals surface area contributed by atoms with E-state index in [0.29, 0.717) is 29.1 Å². The summed E-state index contributed by atoms with van der Waals surface area (Å²) in [6.45, 7) is 4.04. The maximum absolute atomic E-state index is 14.5. The van der Waals surface area contributed by atoms with Gasteiger partial charge < -0.3 is 10.5 Å². The highest BCUT2D eigenvalue weighted by molar-refractivity contribution is 5.87. The Bertz CT molecular complexity index is 907. The van der Waals surface area contributed by atoms with Crippen molar-refractivity contribution in [3.05, 3.63) is 76.4 Å². The van der Waals surface area contributed by atoms with Gasteiger partial charge in [-0.15, -0.1) is 0 Å². The Morgan fingerprint density at radius 3 is 2.77 bits per heavy atom. The largest absolute Gasteiger partial charge is 0.489 e. The van der Waals surface area contributed by atoms with E-state index in [0.717, 1.165) is 29.3 Å². The molecule has 0 aliphatic carbocycles. The molecule has 2 aromatic rings. The number of nitrogens with two attached hydrogens (primary N) is 1. The molecule has 1 aliphatic rings. The first-order chi connectivity index (χ1) is 12.5. The van der Waals surface area contributed by atoms with Crippen molar-refractivity contribution in [3.8, 4) is 5.75 Å². The molecule has 0 aromatic heterocycles. The SMILES string of the molecule is CC/C=C(/N=CN)c1ccc2c(c1)C(c1c(C)cc(F)cc1F)=CCO2. The van der Waals surface area contributed by atoms with Gasteiger partial charge in [0, 0.05) is 22.8 Å². The number of rotatable bonds is 4. The molecule has 3 nitrogen and oxygen atoms in total. The van der Waals surface area contributed by atoms with Crippen molar-refractivity contribution in [2.75, 3.05) is 6.61 Å². The topological polar surface area (TPSA) is 47.6 Å². The third kappa shape index (κ3) is 3.38. The quantitative estimate of drug-likeness (QED) is 0.631. The molecule has 26 heavy (non-hydrogen) atoms. The van der Waals surface area contributed by atoms with Gasteiger partial charge in [-0.1, -0.05) is 13.0 Å². The summed E-state index contributed by atoms with van der Waals surface area (Å²) in [5.41, 5.74) is 9.40. The van der Waals surface area contributed by atoms with Crippen LogP contribution in [0, 0.1) is 18.6 Å². The molecule has 0 unspecified atom stereocenters. The molecule has 1 aliphatic heterocycles. The molecule has 0 fully saturated rings. The van der Waals surface area contributed by atoms with E-state index < -0.39 is 11.6 Å². The van der Waals surface area contributed by atoms with Crippen LogP contribution in [-0.2, 0) is 0 Å². The lowest BCUT2D eigenvalue weighted by molar-refractivity contribution is 0.357. The van der Waals surface area contributed by atoms with Crippen molar-refractivity contribution in [3.63, 3.8) is 0 Å². The minimum absolute atomic E-state index is 0.330. The molecule has 0 radical (unpaired) electrons. The second-order valence-corrected chi connectivity index (χ2v) is 6.00. The van der Waals surface area contributed by atoms with Crippen LogP contribution in [0.25, 0.3) is 11.3 Å². The molecular formula is C21H20F2N2O. The average molecular weight is 354 g/mol. The van der Waals surface area contributed by atoms with Crippen molar-refractivity contribution in [2.24, 2.45) is 10.7 Å². The molecule has 0 spiro atoms. The van der Waals surface area contributed by atoms with Crippen LogP contribution in [0.1, 0.15) is 35.6 Å². The van der Waals surface area contributed by atoms with Gasteiger partial charge in [0.25, 0.3) is 0 Å². The molecule has 0 amide bonds. The van der Waals surface area contributed by atoms with Crippen molar-refractivity contribution >= 4 is 17.6 Å². The predicted octanol–water partition coefficient (Wildman–Crippen LogP) is 4.84. The van der Waals surface area contributed by atoms with Crippen LogP contribution in [0.2, 0.25) is 0 Å². The molecule has 2 N–H and O–H groups in total.